The second-order valence-corrected chi connectivity index (χ2v) is 9.56. The highest BCUT2D eigenvalue weighted by atomic mass is 16.5. The maximum Gasteiger partial charge on any atom is 0.324 e. The lowest BCUT2D eigenvalue weighted by molar-refractivity contribution is -0.161. The van der Waals surface area contributed by atoms with Crippen LogP contribution in [0.25, 0.3) is 11.1 Å². The van der Waals surface area contributed by atoms with Crippen molar-refractivity contribution in [1.82, 2.24) is 4.90 Å². The fourth-order valence-corrected chi connectivity index (χ4v) is 5.92. The predicted molar refractivity (Wildman–Crippen MR) is 147 cm³/mol. The summed E-state index contributed by atoms with van der Waals surface area (Å²) in [5, 5.41) is 0. The van der Waals surface area contributed by atoms with Crippen LogP contribution >= 0.6 is 0 Å². The summed E-state index contributed by atoms with van der Waals surface area (Å²) in [5.41, 5.74) is 5.42. The Morgan fingerprint density at radius 3 is 1.68 bits per heavy atom. The van der Waals surface area contributed by atoms with Gasteiger partial charge in [-0.15, -0.1) is 0 Å². The third kappa shape index (κ3) is 4.09. The smallest absolute Gasteiger partial charge is 0.324 e. The molecule has 0 amide bonds. The van der Waals surface area contributed by atoms with E-state index in [-0.39, 0.29) is 0 Å². The zero-order chi connectivity index (χ0) is 26.7. The second kappa shape index (κ2) is 10.6. The van der Waals surface area contributed by atoms with Crippen molar-refractivity contribution in [2.45, 2.75) is 25.0 Å². The van der Waals surface area contributed by atoms with E-state index >= 15 is 0 Å². The largest absolute Gasteiger partial charge is 0.469 e. The molecule has 0 heterocycles. The lowest BCUT2D eigenvalue weighted by Gasteiger charge is -2.47. The zero-order valence-corrected chi connectivity index (χ0v) is 21.8. The Balaban J connectivity index is 1.89. The summed E-state index contributed by atoms with van der Waals surface area (Å²) in [4.78, 5) is 28.8. The van der Waals surface area contributed by atoms with Gasteiger partial charge in [-0.05, 0) is 40.3 Å². The van der Waals surface area contributed by atoms with E-state index < -0.39 is 29.4 Å². The summed E-state index contributed by atoms with van der Waals surface area (Å²) >= 11 is 0. The topological polar surface area (TPSA) is 55.8 Å². The first-order valence-electron chi connectivity index (χ1n) is 12.7. The Bertz CT molecular complexity index is 1390. The van der Waals surface area contributed by atoms with Gasteiger partial charge in [0, 0.05) is 6.54 Å². The lowest BCUT2D eigenvalue weighted by atomic mass is 9.76. The van der Waals surface area contributed by atoms with Gasteiger partial charge in [-0.1, -0.05) is 109 Å². The number of ether oxygens (including phenoxy) is 2. The van der Waals surface area contributed by atoms with Gasteiger partial charge in [0.2, 0.25) is 0 Å². The van der Waals surface area contributed by atoms with Crippen molar-refractivity contribution in [3.05, 3.63) is 131 Å². The molecule has 0 N–H and O–H groups in total. The summed E-state index contributed by atoms with van der Waals surface area (Å²) in [6.45, 7) is 2.12. The van der Waals surface area contributed by atoms with Crippen LogP contribution in [-0.4, -0.2) is 37.1 Å². The number of hydrogen-bond acceptors (Lipinski definition) is 5. The Morgan fingerprint density at radius 2 is 1.16 bits per heavy atom. The molecule has 2 atom stereocenters. The number of methoxy groups -OCH3 is 2. The first-order valence-corrected chi connectivity index (χ1v) is 12.7. The molecule has 0 aliphatic heterocycles. The molecule has 0 radical (unpaired) electrons. The number of nitrogens with zero attached hydrogens (tertiary/aromatic N) is 1. The maximum absolute atomic E-state index is 13.7. The highest BCUT2D eigenvalue weighted by molar-refractivity contribution is 5.87. The Morgan fingerprint density at radius 1 is 0.684 bits per heavy atom. The van der Waals surface area contributed by atoms with E-state index in [0.29, 0.717) is 6.54 Å². The van der Waals surface area contributed by atoms with Crippen LogP contribution in [0.4, 0.5) is 0 Å². The molecule has 192 valence electrons. The van der Waals surface area contributed by atoms with Crippen LogP contribution in [0.15, 0.2) is 109 Å². The molecule has 38 heavy (non-hydrogen) atoms. The molecule has 5 rings (SSSR count). The van der Waals surface area contributed by atoms with Crippen LogP contribution in [0, 0.1) is 5.92 Å². The fourth-order valence-electron chi connectivity index (χ4n) is 5.92. The second-order valence-electron chi connectivity index (χ2n) is 9.56. The van der Waals surface area contributed by atoms with Gasteiger partial charge >= 0.3 is 11.9 Å². The van der Waals surface area contributed by atoms with Crippen LogP contribution in [0.3, 0.4) is 0 Å². The fraction of sp³-hybridized carbons (Fsp3) is 0.212. The molecule has 0 aromatic heterocycles. The van der Waals surface area contributed by atoms with E-state index in [1.165, 1.54) is 14.2 Å². The number of hydrogen-bond donors (Lipinski definition) is 0. The Labute approximate surface area is 223 Å². The van der Waals surface area contributed by atoms with Gasteiger partial charge in [-0.3, -0.25) is 14.5 Å². The summed E-state index contributed by atoms with van der Waals surface area (Å²) in [6, 6.07) is 35.9. The van der Waals surface area contributed by atoms with E-state index in [0.717, 1.165) is 33.4 Å². The molecular formula is C33H31NO4. The Hall–Kier alpha value is -4.22. The van der Waals surface area contributed by atoms with Gasteiger partial charge in [0.25, 0.3) is 0 Å². The number of esters is 2. The molecule has 4 aromatic rings. The molecule has 5 nitrogen and oxygen atoms in total. The number of rotatable bonds is 8. The normalized spacial score (nSPS) is 14.7. The first-order chi connectivity index (χ1) is 18.5. The van der Waals surface area contributed by atoms with Crippen molar-refractivity contribution in [3.8, 4) is 11.1 Å². The number of fused-ring (bicyclic) bond motifs is 3. The van der Waals surface area contributed by atoms with Gasteiger partial charge in [0.1, 0.15) is 6.04 Å². The average Bonchev–Trinajstić information content (AvgIpc) is 3.28. The molecule has 0 unspecified atom stereocenters. The molecule has 0 spiro atoms. The van der Waals surface area contributed by atoms with Gasteiger partial charge < -0.3 is 9.47 Å². The summed E-state index contributed by atoms with van der Waals surface area (Å²) in [5.74, 6) is -1.76. The van der Waals surface area contributed by atoms with Gasteiger partial charge in [-0.25, -0.2) is 0 Å². The minimum Gasteiger partial charge on any atom is -0.469 e. The molecule has 5 heteroatoms. The van der Waals surface area contributed by atoms with Gasteiger partial charge in [0.05, 0.1) is 25.7 Å². The standard InChI is InChI=1S/C33H31NO4/c1-23(31(35)37-2)30(32(36)38-3)34(22-24-14-6-4-7-15-24)33(25-16-8-5-9-17-25)28-20-12-10-18-26(28)27-19-11-13-21-29(27)33/h4-21,23,30H,22H2,1-3H3/t23-,30+/m1/s1. The third-order valence-electron chi connectivity index (χ3n) is 7.57. The molecule has 0 saturated carbocycles. The highest BCUT2D eigenvalue weighted by Gasteiger charge is 2.54. The average molecular weight is 506 g/mol. The number of benzene rings is 4. The van der Waals surface area contributed by atoms with Gasteiger partial charge in [-0.2, -0.15) is 0 Å². The van der Waals surface area contributed by atoms with Crippen LogP contribution in [0.1, 0.15) is 29.2 Å². The monoisotopic (exact) mass is 505 g/mol. The van der Waals surface area contributed by atoms with Crippen molar-refractivity contribution in [2.75, 3.05) is 14.2 Å². The van der Waals surface area contributed by atoms with Crippen molar-refractivity contribution in [2.24, 2.45) is 5.92 Å². The lowest BCUT2D eigenvalue weighted by Crippen LogP contribution is -2.58. The summed E-state index contributed by atoms with van der Waals surface area (Å²) < 4.78 is 10.5. The predicted octanol–water partition coefficient (Wildman–Crippen LogP) is 5.81. The SMILES string of the molecule is COC(=O)[C@H]([C@@H](C)C(=O)OC)N(Cc1ccccc1)C1(c2ccccc2)c2ccccc2-c2ccccc21. The minimum absolute atomic E-state index is 0.388. The van der Waals surface area contributed by atoms with Crippen LogP contribution in [0.5, 0.6) is 0 Å². The first kappa shape index (κ1) is 25.4. The Kier molecular flexibility index (Phi) is 7.12. The van der Waals surface area contributed by atoms with Crippen molar-refractivity contribution >= 4 is 11.9 Å². The summed E-state index contributed by atoms with van der Waals surface area (Å²) in [6.07, 6.45) is 0. The maximum atomic E-state index is 13.7. The van der Waals surface area contributed by atoms with E-state index in [1.54, 1.807) is 6.92 Å². The minimum atomic E-state index is -0.938. The van der Waals surface area contributed by atoms with Crippen molar-refractivity contribution < 1.29 is 19.1 Å². The quantitative estimate of drug-likeness (QED) is 0.283. The molecular weight excluding hydrogens is 474 g/mol. The highest BCUT2D eigenvalue weighted by Crippen LogP contribution is 2.55. The zero-order valence-electron chi connectivity index (χ0n) is 21.8. The van der Waals surface area contributed by atoms with Gasteiger partial charge in [0.15, 0.2) is 0 Å². The van der Waals surface area contributed by atoms with E-state index in [2.05, 4.69) is 41.3 Å². The molecule has 0 bridgehead atoms. The van der Waals surface area contributed by atoms with E-state index in [4.69, 9.17) is 9.47 Å². The third-order valence-corrected chi connectivity index (χ3v) is 7.57. The number of carbonyl (C=O) groups excluding carboxylic acids is 2. The molecule has 4 aromatic carbocycles. The molecule has 0 saturated heterocycles. The number of carbonyl (C=O) groups is 2. The summed E-state index contributed by atoms with van der Waals surface area (Å²) in [7, 11) is 2.72. The molecule has 0 fully saturated rings. The van der Waals surface area contributed by atoms with Crippen molar-refractivity contribution in [1.29, 1.82) is 0 Å². The molecule has 1 aliphatic rings. The van der Waals surface area contributed by atoms with Crippen molar-refractivity contribution in [3.63, 3.8) is 0 Å². The molecule has 1 aliphatic carbocycles. The van der Waals surface area contributed by atoms with Crippen LogP contribution in [0.2, 0.25) is 0 Å². The van der Waals surface area contributed by atoms with Crippen LogP contribution in [-0.2, 0) is 31.1 Å². The van der Waals surface area contributed by atoms with E-state index in [1.807, 2.05) is 72.8 Å². The van der Waals surface area contributed by atoms with E-state index in [9.17, 15) is 9.59 Å². The van der Waals surface area contributed by atoms with Crippen LogP contribution < -0.4 is 0 Å².